The first kappa shape index (κ1) is 16.1. The second-order valence-corrected chi connectivity index (χ2v) is 7.16. The van der Waals surface area contributed by atoms with Crippen LogP contribution in [-0.4, -0.2) is 27.1 Å². The van der Waals surface area contributed by atoms with E-state index in [0.717, 1.165) is 15.0 Å². The van der Waals surface area contributed by atoms with Gasteiger partial charge in [-0.25, -0.2) is 4.68 Å². The highest BCUT2D eigenvalue weighted by Gasteiger charge is 2.27. The van der Waals surface area contributed by atoms with E-state index in [1.54, 1.807) is 9.58 Å². The van der Waals surface area contributed by atoms with Gasteiger partial charge in [-0.3, -0.25) is 14.7 Å². The van der Waals surface area contributed by atoms with Crippen LogP contribution in [0.5, 0.6) is 0 Å². The van der Waals surface area contributed by atoms with E-state index in [2.05, 4.69) is 27.7 Å². The molecule has 6 heteroatoms. The molecule has 1 N–H and O–H groups in total. The predicted octanol–water partition coefficient (Wildman–Crippen LogP) is 2.97. The minimum atomic E-state index is -0.0820. The van der Waals surface area contributed by atoms with Crippen LogP contribution in [0.1, 0.15) is 21.6 Å². The third kappa shape index (κ3) is 2.90. The summed E-state index contributed by atoms with van der Waals surface area (Å²) in [6, 6.07) is 17.0. The van der Waals surface area contributed by atoms with Crippen molar-refractivity contribution in [3.05, 3.63) is 85.3 Å². The minimum Gasteiger partial charge on any atom is -0.334 e. The summed E-state index contributed by atoms with van der Waals surface area (Å²) in [5, 5.41) is 3.19. The SMILES string of the molecule is O=C(c1ccccc1I)N1CCc2[nH]n(-c3ccccc3)c(=O)c2C1. The number of rotatable bonds is 2. The number of fused-ring (bicyclic) bond motifs is 1. The molecule has 0 radical (unpaired) electrons. The molecule has 0 fully saturated rings. The minimum absolute atomic E-state index is 0.0255. The fourth-order valence-electron chi connectivity index (χ4n) is 3.14. The van der Waals surface area contributed by atoms with E-state index in [0.29, 0.717) is 30.6 Å². The van der Waals surface area contributed by atoms with Crippen molar-refractivity contribution in [3.63, 3.8) is 0 Å². The average Bonchev–Trinajstić information content (AvgIpc) is 2.98. The Morgan fingerprint density at radius 2 is 1.76 bits per heavy atom. The molecule has 1 aliphatic heterocycles. The number of aromatic nitrogens is 2. The van der Waals surface area contributed by atoms with Crippen LogP contribution in [0.2, 0.25) is 0 Å². The Labute approximate surface area is 158 Å². The van der Waals surface area contributed by atoms with E-state index >= 15 is 0 Å². The highest BCUT2D eigenvalue weighted by molar-refractivity contribution is 14.1. The fraction of sp³-hybridized carbons (Fsp3) is 0.158. The summed E-state index contributed by atoms with van der Waals surface area (Å²) in [6.45, 7) is 0.944. The van der Waals surface area contributed by atoms with Gasteiger partial charge in [0, 0.05) is 22.2 Å². The summed E-state index contributed by atoms with van der Waals surface area (Å²) in [6.07, 6.45) is 0.652. The molecule has 1 amide bonds. The number of H-pyrrole nitrogens is 1. The number of benzene rings is 2. The van der Waals surface area contributed by atoms with Crippen LogP contribution in [0.3, 0.4) is 0 Å². The number of halogens is 1. The maximum Gasteiger partial charge on any atom is 0.276 e. The van der Waals surface area contributed by atoms with Crippen molar-refractivity contribution in [1.29, 1.82) is 0 Å². The highest BCUT2D eigenvalue weighted by atomic mass is 127. The molecule has 5 nitrogen and oxygen atoms in total. The Hall–Kier alpha value is -2.35. The Kier molecular flexibility index (Phi) is 4.20. The van der Waals surface area contributed by atoms with Gasteiger partial charge in [0.1, 0.15) is 0 Å². The largest absolute Gasteiger partial charge is 0.334 e. The summed E-state index contributed by atoms with van der Waals surface area (Å²) >= 11 is 2.17. The van der Waals surface area contributed by atoms with Crippen LogP contribution in [0.4, 0.5) is 0 Å². The predicted molar refractivity (Wildman–Crippen MR) is 104 cm³/mol. The third-order valence-electron chi connectivity index (χ3n) is 4.46. The molecule has 1 aromatic heterocycles. The molecule has 3 aromatic rings. The number of hydrogen-bond donors (Lipinski definition) is 1. The van der Waals surface area contributed by atoms with Gasteiger partial charge in [0.05, 0.1) is 23.4 Å². The molecule has 0 saturated carbocycles. The van der Waals surface area contributed by atoms with E-state index < -0.39 is 0 Å². The first-order chi connectivity index (χ1) is 12.1. The van der Waals surface area contributed by atoms with Crippen LogP contribution < -0.4 is 5.56 Å². The number of nitrogens with one attached hydrogen (secondary N) is 1. The van der Waals surface area contributed by atoms with Crippen LogP contribution in [-0.2, 0) is 13.0 Å². The lowest BCUT2D eigenvalue weighted by atomic mass is 10.1. The van der Waals surface area contributed by atoms with Gasteiger partial charge in [-0.15, -0.1) is 0 Å². The maximum atomic E-state index is 12.8. The van der Waals surface area contributed by atoms with Gasteiger partial charge in [0.2, 0.25) is 0 Å². The van der Waals surface area contributed by atoms with E-state index in [1.165, 1.54) is 0 Å². The van der Waals surface area contributed by atoms with Gasteiger partial charge in [-0.2, -0.15) is 0 Å². The quantitative estimate of drug-likeness (QED) is 0.617. The third-order valence-corrected chi connectivity index (χ3v) is 5.40. The Morgan fingerprint density at radius 1 is 1.04 bits per heavy atom. The molecule has 0 aliphatic carbocycles. The number of amides is 1. The molecule has 25 heavy (non-hydrogen) atoms. The van der Waals surface area contributed by atoms with Crippen molar-refractivity contribution in [2.75, 3.05) is 6.54 Å². The molecule has 0 unspecified atom stereocenters. The van der Waals surface area contributed by atoms with Crippen LogP contribution in [0.15, 0.2) is 59.4 Å². The van der Waals surface area contributed by atoms with Crippen molar-refractivity contribution in [3.8, 4) is 5.69 Å². The van der Waals surface area contributed by atoms with E-state index in [-0.39, 0.29) is 11.5 Å². The molecular weight excluding hydrogens is 429 g/mol. The number of hydrogen-bond acceptors (Lipinski definition) is 2. The molecule has 2 aromatic carbocycles. The van der Waals surface area contributed by atoms with Gasteiger partial charge in [0.25, 0.3) is 11.5 Å². The lowest BCUT2D eigenvalue weighted by Gasteiger charge is -2.26. The number of para-hydroxylation sites is 1. The average molecular weight is 445 g/mol. The zero-order chi connectivity index (χ0) is 17.4. The normalized spacial score (nSPS) is 13.6. The zero-order valence-corrected chi connectivity index (χ0v) is 15.6. The summed E-state index contributed by atoms with van der Waals surface area (Å²) in [5.41, 5.74) is 3.00. The smallest absolute Gasteiger partial charge is 0.276 e. The number of aromatic amines is 1. The number of carbonyl (C=O) groups is 1. The Morgan fingerprint density at radius 3 is 2.52 bits per heavy atom. The lowest BCUT2D eigenvalue weighted by Crippen LogP contribution is -2.37. The van der Waals surface area contributed by atoms with Gasteiger partial charge < -0.3 is 4.90 Å². The molecular formula is C19H16IN3O2. The molecule has 0 saturated heterocycles. The molecule has 1 aliphatic rings. The Bertz CT molecular complexity index is 991. The summed E-state index contributed by atoms with van der Waals surface area (Å²) in [5.74, 6) is -0.0255. The van der Waals surface area contributed by atoms with Crippen molar-refractivity contribution >= 4 is 28.5 Å². The topological polar surface area (TPSA) is 58.1 Å². The van der Waals surface area contributed by atoms with Crippen LogP contribution >= 0.6 is 22.6 Å². The molecule has 2 heterocycles. The van der Waals surface area contributed by atoms with Crippen LogP contribution in [0, 0.1) is 3.57 Å². The van der Waals surface area contributed by atoms with Crippen LogP contribution in [0.25, 0.3) is 5.69 Å². The van der Waals surface area contributed by atoms with Gasteiger partial charge in [-0.1, -0.05) is 30.3 Å². The number of nitrogens with zero attached hydrogens (tertiary/aromatic N) is 2. The Balaban J connectivity index is 1.66. The second-order valence-electron chi connectivity index (χ2n) is 6.00. The van der Waals surface area contributed by atoms with E-state index in [4.69, 9.17) is 0 Å². The van der Waals surface area contributed by atoms with Gasteiger partial charge in [0.15, 0.2) is 0 Å². The standard InChI is InChI=1S/C19H16IN3O2/c20-16-9-5-4-8-14(16)18(24)22-11-10-17-15(12-22)19(25)23(21-17)13-6-2-1-3-7-13/h1-9,21H,10-12H2. The maximum absolute atomic E-state index is 12.8. The lowest BCUT2D eigenvalue weighted by molar-refractivity contribution is 0.0732. The second kappa shape index (κ2) is 6.51. The first-order valence-electron chi connectivity index (χ1n) is 8.07. The van der Waals surface area contributed by atoms with Crippen molar-refractivity contribution < 1.29 is 4.79 Å². The van der Waals surface area contributed by atoms with Gasteiger partial charge >= 0.3 is 0 Å². The number of carbonyl (C=O) groups excluding carboxylic acids is 1. The van der Waals surface area contributed by atoms with E-state index in [1.807, 2.05) is 54.6 Å². The van der Waals surface area contributed by atoms with Crippen molar-refractivity contribution in [2.24, 2.45) is 0 Å². The first-order valence-corrected chi connectivity index (χ1v) is 9.15. The summed E-state index contributed by atoms with van der Waals surface area (Å²) in [4.78, 5) is 27.4. The van der Waals surface area contributed by atoms with E-state index in [9.17, 15) is 9.59 Å². The fourth-order valence-corrected chi connectivity index (χ4v) is 3.76. The van der Waals surface area contributed by atoms with Crippen molar-refractivity contribution in [2.45, 2.75) is 13.0 Å². The molecule has 0 bridgehead atoms. The molecule has 0 atom stereocenters. The summed E-state index contributed by atoms with van der Waals surface area (Å²) < 4.78 is 2.48. The highest BCUT2D eigenvalue weighted by Crippen LogP contribution is 2.20. The molecule has 126 valence electrons. The summed E-state index contributed by atoms with van der Waals surface area (Å²) in [7, 11) is 0. The monoisotopic (exact) mass is 445 g/mol. The zero-order valence-electron chi connectivity index (χ0n) is 13.4. The van der Waals surface area contributed by atoms with Gasteiger partial charge in [-0.05, 0) is 46.9 Å². The molecule has 0 spiro atoms. The molecule has 4 rings (SSSR count). The van der Waals surface area contributed by atoms with Crippen molar-refractivity contribution in [1.82, 2.24) is 14.7 Å².